The maximum atomic E-state index is 11.0. The molecule has 0 bridgehead atoms. The zero-order valence-corrected chi connectivity index (χ0v) is 11.6. The number of halogens is 1. The fourth-order valence-electron chi connectivity index (χ4n) is 1.58. The number of hydrogen-bond acceptors (Lipinski definition) is 4. The molecule has 0 amide bonds. The summed E-state index contributed by atoms with van der Waals surface area (Å²) in [4.78, 5) is 0. The van der Waals surface area contributed by atoms with Crippen LogP contribution in [0.4, 0.5) is 0 Å². The fraction of sp³-hybridized carbons (Fsp3) is 0.455. The van der Waals surface area contributed by atoms with Gasteiger partial charge in [-0.15, -0.1) is 0 Å². The highest BCUT2D eigenvalue weighted by atomic mass is 35.5. The summed E-state index contributed by atoms with van der Waals surface area (Å²) in [6, 6.07) is 6.62. The molecule has 5 nitrogen and oxygen atoms in total. The van der Waals surface area contributed by atoms with Gasteiger partial charge >= 0.3 is 10.3 Å². The van der Waals surface area contributed by atoms with E-state index in [0.717, 1.165) is 0 Å². The molecule has 102 valence electrons. The molecule has 18 heavy (non-hydrogen) atoms. The Balaban J connectivity index is 3.04. The van der Waals surface area contributed by atoms with Gasteiger partial charge in [0.2, 0.25) is 0 Å². The minimum atomic E-state index is -4.14. The SMILES string of the molecule is CC(C)[C@@H](OS(N)(=O)=O)[C@H](O)c1ccccc1Cl. The number of rotatable bonds is 5. The van der Waals surface area contributed by atoms with Gasteiger partial charge in [0.1, 0.15) is 12.2 Å². The predicted octanol–water partition coefficient (Wildman–Crippen LogP) is 1.62. The average Bonchev–Trinajstić information content (AvgIpc) is 2.24. The van der Waals surface area contributed by atoms with Crippen LogP contribution in [-0.4, -0.2) is 19.6 Å². The molecule has 1 aromatic rings. The van der Waals surface area contributed by atoms with Gasteiger partial charge in [0, 0.05) is 10.6 Å². The summed E-state index contributed by atoms with van der Waals surface area (Å²) in [6.45, 7) is 3.44. The number of nitrogens with two attached hydrogens (primary N) is 1. The molecular formula is C11H16ClNO4S. The van der Waals surface area contributed by atoms with E-state index in [4.69, 9.17) is 20.9 Å². The zero-order valence-electron chi connectivity index (χ0n) is 10.1. The summed E-state index contributed by atoms with van der Waals surface area (Å²) in [5.41, 5.74) is 0.404. The molecule has 0 radical (unpaired) electrons. The van der Waals surface area contributed by atoms with E-state index in [1.54, 1.807) is 38.1 Å². The lowest BCUT2D eigenvalue weighted by atomic mass is 9.96. The third-order valence-electron chi connectivity index (χ3n) is 2.44. The molecule has 7 heteroatoms. The van der Waals surface area contributed by atoms with Crippen LogP contribution in [0.5, 0.6) is 0 Å². The van der Waals surface area contributed by atoms with Crippen LogP contribution in [0.15, 0.2) is 24.3 Å². The van der Waals surface area contributed by atoms with Gasteiger partial charge in [0.05, 0.1) is 0 Å². The van der Waals surface area contributed by atoms with Crippen molar-refractivity contribution in [3.8, 4) is 0 Å². The Bertz CT molecular complexity index is 504. The first kappa shape index (κ1) is 15.4. The molecule has 0 aromatic heterocycles. The minimum absolute atomic E-state index is 0.255. The monoisotopic (exact) mass is 293 g/mol. The van der Waals surface area contributed by atoms with E-state index in [1.807, 2.05) is 0 Å². The van der Waals surface area contributed by atoms with Crippen LogP contribution >= 0.6 is 11.6 Å². The molecule has 3 N–H and O–H groups in total. The first-order chi connectivity index (χ1) is 8.22. The lowest BCUT2D eigenvalue weighted by Gasteiger charge is -2.25. The predicted molar refractivity (Wildman–Crippen MR) is 69.2 cm³/mol. The second kappa shape index (κ2) is 5.99. The van der Waals surface area contributed by atoms with Crippen molar-refractivity contribution in [3.63, 3.8) is 0 Å². The van der Waals surface area contributed by atoms with Crippen molar-refractivity contribution in [2.24, 2.45) is 11.1 Å². The van der Waals surface area contributed by atoms with Gasteiger partial charge in [-0.25, -0.2) is 5.14 Å². The number of aliphatic hydroxyl groups excluding tert-OH is 1. The molecule has 0 heterocycles. The maximum absolute atomic E-state index is 11.0. The summed E-state index contributed by atoms with van der Waals surface area (Å²) in [7, 11) is -4.14. The second-order valence-corrected chi connectivity index (χ2v) is 5.85. The van der Waals surface area contributed by atoms with Crippen LogP contribution in [0.3, 0.4) is 0 Å². The molecule has 0 saturated heterocycles. The lowest BCUT2D eigenvalue weighted by molar-refractivity contribution is 0.0120. The van der Waals surface area contributed by atoms with Crippen LogP contribution in [0, 0.1) is 5.92 Å². The van der Waals surface area contributed by atoms with Crippen LogP contribution < -0.4 is 5.14 Å². The molecule has 0 fully saturated rings. The van der Waals surface area contributed by atoms with Gasteiger partial charge in [0.25, 0.3) is 0 Å². The topological polar surface area (TPSA) is 89.6 Å². The summed E-state index contributed by atoms with van der Waals surface area (Å²) in [5.74, 6) is -0.255. The molecule has 0 saturated carbocycles. The first-order valence-electron chi connectivity index (χ1n) is 5.36. The molecule has 0 aliphatic heterocycles. The van der Waals surface area contributed by atoms with Gasteiger partial charge in [-0.05, 0) is 12.0 Å². The third kappa shape index (κ3) is 4.22. The van der Waals surface area contributed by atoms with E-state index < -0.39 is 22.5 Å². The van der Waals surface area contributed by atoms with Crippen LogP contribution in [0.25, 0.3) is 0 Å². The van der Waals surface area contributed by atoms with Gasteiger partial charge in [-0.1, -0.05) is 43.6 Å². The molecule has 1 rings (SSSR count). The van der Waals surface area contributed by atoms with Gasteiger partial charge in [-0.3, -0.25) is 4.18 Å². The van der Waals surface area contributed by atoms with Crippen molar-refractivity contribution in [2.75, 3.05) is 0 Å². The number of benzene rings is 1. The van der Waals surface area contributed by atoms with E-state index in [1.165, 1.54) is 0 Å². The highest BCUT2D eigenvalue weighted by Crippen LogP contribution is 2.30. The van der Waals surface area contributed by atoms with E-state index in [9.17, 15) is 13.5 Å². The normalized spacial score (nSPS) is 15.7. The average molecular weight is 294 g/mol. The smallest absolute Gasteiger partial charge is 0.333 e. The summed E-state index contributed by atoms with van der Waals surface area (Å²) in [5, 5.41) is 15.3. The molecule has 0 spiro atoms. The molecule has 2 atom stereocenters. The Morgan fingerprint density at radius 3 is 2.33 bits per heavy atom. The summed E-state index contributed by atoms with van der Waals surface area (Å²) in [6.07, 6.45) is -2.16. The van der Waals surface area contributed by atoms with Crippen LogP contribution in [-0.2, 0) is 14.5 Å². The molecule has 0 unspecified atom stereocenters. The van der Waals surface area contributed by atoms with Crippen molar-refractivity contribution in [1.82, 2.24) is 0 Å². The van der Waals surface area contributed by atoms with Crippen LogP contribution in [0.1, 0.15) is 25.5 Å². The first-order valence-corrected chi connectivity index (χ1v) is 7.21. The maximum Gasteiger partial charge on any atom is 0.333 e. The summed E-state index contributed by atoms with van der Waals surface area (Å²) < 4.78 is 26.7. The molecule has 0 aliphatic carbocycles. The Hall–Kier alpha value is -0.660. The minimum Gasteiger partial charge on any atom is -0.386 e. The van der Waals surface area contributed by atoms with E-state index >= 15 is 0 Å². The number of aliphatic hydroxyl groups is 1. The zero-order chi connectivity index (χ0) is 13.9. The van der Waals surface area contributed by atoms with E-state index in [0.29, 0.717) is 10.6 Å². The summed E-state index contributed by atoms with van der Waals surface area (Å²) >= 11 is 5.94. The van der Waals surface area contributed by atoms with Gasteiger partial charge in [0.15, 0.2) is 0 Å². The molecular weight excluding hydrogens is 278 g/mol. The quantitative estimate of drug-likeness (QED) is 0.863. The largest absolute Gasteiger partial charge is 0.386 e. The Morgan fingerprint density at radius 1 is 1.33 bits per heavy atom. The van der Waals surface area contributed by atoms with Crippen molar-refractivity contribution in [2.45, 2.75) is 26.1 Å². The van der Waals surface area contributed by atoms with Crippen molar-refractivity contribution in [3.05, 3.63) is 34.9 Å². The van der Waals surface area contributed by atoms with Gasteiger partial charge < -0.3 is 5.11 Å². The van der Waals surface area contributed by atoms with E-state index in [-0.39, 0.29) is 5.92 Å². The highest BCUT2D eigenvalue weighted by Gasteiger charge is 2.29. The Kier molecular flexibility index (Phi) is 5.12. The standard InChI is InChI=1S/C11H16ClNO4S/c1-7(2)11(17-18(13,15)16)10(14)8-5-3-4-6-9(8)12/h3-7,10-11,14H,1-2H3,(H2,13,15,16)/t10-,11-/m1/s1. The third-order valence-corrected chi connectivity index (χ3v) is 3.27. The van der Waals surface area contributed by atoms with Crippen molar-refractivity contribution < 1.29 is 17.7 Å². The molecule has 0 aliphatic rings. The van der Waals surface area contributed by atoms with Crippen molar-refractivity contribution in [1.29, 1.82) is 0 Å². The van der Waals surface area contributed by atoms with Gasteiger partial charge in [-0.2, -0.15) is 8.42 Å². The lowest BCUT2D eigenvalue weighted by Crippen LogP contribution is -2.33. The fourth-order valence-corrected chi connectivity index (χ4v) is 2.46. The second-order valence-electron chi connectivity index (χ2n) is 4.26. The van der Waals surface area contributed by atoms with E-state index in [2.05, 4.69) is 0 Å². The Labute approximate surface area is 112 Å². The Morgan fingerprint density at radius 2 is 1.89 bits per heavy atom. The highest BCUT2D eigenvalue weighted by molar-refractivity contribution is 7.84. The van der Waals surface area contributed by atoms with Crippen molar-refractivity contribution >= 4 is 21.9 Å². The number of hydrogen-bond donors (Lipinski definition) is 2. The molecule has 1 aromatic carbocycles. The van der Waals surface area contributed by atoms with Crippen LogP contribution in [0.2, 0.25) is 5.02 Å².